The lowest BCUT2D eigenvalue weighted by molar-refractivity contribution is -0.122. The van der Waals surface area contributed by atoms with E-state index in [1.54, 1.807) is 25.1 Å². The number of hydrogen-bond donors (Lipinski definition) is 2. The SMILES string of the molecule is CCNC(=O)[C@@H](C)NC(=O)c1ccc2c(c1)OCCO2. The van der Waals surface area contributed by atoms with Gasteiger partial charge in [-0.1, -0.05) is 0 Å². The van der Waals surface area contributed by atoms with Crippen molar-refractivity contribution >= 4 is 11.8 Å². The molecule has 1 aromatic carbocycles. The van der Waals surface area contributed by atoms with Crippen LogP contribution in [0.15, 0.2) is 18.2 Å². The van der Waals surface area contributed by atoms with Crippen molar-refractivity contribution in [3.05, 3.63) is 23.8 Å². The van der Waals surface area contributed by atoms with E-state index in [0.29, 0.717) is 36.8 Å². The maximum atomic E-state index is 12.1. The van der Waals surface area contributed by atoms with Crippen LogP contribution in [0.1, 0.15) is 24.2 Å². The summed E-state index contributed by atoms with van der Waals surface area (Å²) in [6.07, 6.45) is 0. The number of fused-ring (bicyclic) bond motifs is 1. The molecule has 0 aliphatic carbocycles. The lowest BCUT2D eigenvalue weighted by atomic mass is 10.1. The lowest BCUT2D eigenvalue weighted by Gasteiger charge is -2.19. The first kappa shape index (κ1) is 14.2. The van der Waals surface area contributed by atoms with E-state index in [2.05, 4.69) is 10.6 Å². The summed E-state index contributed by atoms with van der Waals surface area (Å²) in [6.45, 7) is 4.97. The van der Waals surface area contributed by atoms with Crippen molar-refractivity contribution in [2.75, 3.05) is 19.8 Å². The van der Waals surface area contributed by atoms with E-state index in [0.717, 1.165) is 0 Å². The molecule has 0 saturated carbocycles. The Bertz CT molecular complexity index is 516. The van der Waals surface area contributed by atoms with Gasteiger partial charge >= 0.3 is 0 Å². The Morgan fingerprint density at radius 1 is 1.25 bits per heavy atom. The third-order valence-corrected chi connectivity index (χ3v) is 2.90. The second kappa shape index (κ2) is 6.27. The van der Waals surface area contributed by atoms with Gasteiger partial charge in [-0.3, -0.25) is 9.59 Å². The van der Waals surface area contributed by atoms with Crippen LogP contribution >= 0.6 is 0 Å². The highest BCUT2D eigenvalue weighted by molar-refractivity contribution is 5.97. The molecule has 1 aliphatic heterocycles. The minimum Gasteiger partial charge on any atom is -0.486 e. The van der Waals surface area contributed by atoms with Crippen LogP contribution in [-0.2, 0) is 4.79 Å². The monoisotopic (exact) mass is 278 g/mol. The van der Waals surface area contributed by atoms with Crippen LogP contribution in [0.25, 0.3) is 0 Å². The van der Waals surface area contributed by atoms with Gasteiger partial charge in [-0.15, -0.1) is 0 Å². The second-order valence-electron chi connectivity index (χ2n) is 4.45. The standard InChI is InChI=1S/C14H18N2O4/c1-3-15-13(17)9(2)16-14(18)10-4-5-11-12(8-10)20-7-6-19-11/h4-5,8-9H,3,6-7H2,1-2H3,(H,15,17)(H,16,18)/t9-/m1/s1. The quantitative estimate of drug-likeness (QED) is 0.850. The molecule has 108 valence electrons. The number of likely N-dealkylation sites (N-methyl/N-ethyl adjacent to an activating group) is 1. The van der Waals surface area contributed by atoms with E-state index >= 15 is 0 Å². The van der Waals surface area contributed by atoms with E-state index in [4.69, 9.17) is 9.47 Å². The molecule has 2 amide bonds. The van der Waals surface area contributed by atoms with Gasteiger partial charge < -0.3 is 20.1 Å². The molecular formula is C14H18N2O4. The first-order valence-electron chi connectivity index (χ1n) is 6.60. The molecule has 1 aromatic rings. The summed E-state index contributed by atoms with van der Waals surface area (Å²) in [5.74, 6) is 0.651. The van der Waals surface area contributed by atoms with Crippen LogP contribution in [-0.4, -0.2) is 37.6 Å². The molecule has 1 heterocycles. The molecule has 0 fully saturated rings. The molecule has 0 saturated heterocycles. The van der Waals surface area contributed by atoms with Crippen LogP contribution in [0.4, 0.5) is 0 Å². The highest BCUT2D eigenvalue weighted by Crippen LogP contribution is 2.30. The summed E-state index contributed by atoms with van der Waals surface area (Å²) >= 11 is 0. The van der Waals surface area contributed by atoms with Gasteiger partial charge in [0.05, 0.1) is 0 Å². The van der Waals surface area contributed by atoms with Crippen LogP contribution in [0, 0.1) is 0 Å². The molecule has 0 spiro atoms. The maximum absolute atomic E-state index is 12.1. The first-order valence-corrected chi connectivity index (χ1v) is 6.60. The molecule has 20 heavy (non-hydrogen) atoms. The predicted molar refractivity (Wildman–Crippen MR) is 73.0 cm³/mol. The number of benzene rings is 1. The van der Waals surface area contributed by atoms with Crippen molar-refractivity contribution in [3.63, 3.8) is 0 Å². The molecular weight excluding hydrogens is 260 g/mol. The zero-order valence-corrected chi connectivity index (χ0v) is 11.6. The highest BCUT2D eigenvalue weighted by Gasteiger charge is 2.18. The molecule has 0 aromatic heterocycles. The van der Waals surface area contributed by atoms with Crippen molar-refractivity contribution in [3.8, 4) is 11.5 Å². The van der Waals surface area contributed by atoms with Crippen molar-refractivity contribution in [1.82, 2.24) is 10.6 Å². The molecule has 6 nitrogen and oxygen atoms in total. The lowest BCUT2D eigenvalue weighted by Crippen LogP contribution is -2.44. The molecule has 1 atom stereocenters. The van der Waals surface area contributed by atoms with Crippen molar-refractivity contribution in [1.29, 1.82) is 0 Å². The summed E-state index contributed by atoms with van der Waals surface area (Å²) in [5, 5.41) is 5.29. The average Bonchev–Trinajstić information content (AvgIpc) is 2.46. The minimum atomic E-state index is -0.587. The number of carbonyl (C=O) groups excluding carboxylic acids is 2. The van der Waals surface area contributed by atoms with E-state index in [1.165, 1.54) is 0 Å². The molecule has 1 aliphatic rings. The summed E-state index contributed by atoms with van der Waals surface area (Å²) in [4.78, 5) is 23.6. The number of rotatable bonds is 4. The van der Waals surface area contributed by atoms with E-state index in [1.807, 2.05) is 6.92 Å². The Labute approximate surface area is 117 Å². The highest BCUT2D eigenvalue weighted by atomic mass is 16.6. The van der Waals surface area contributed by atoms with Crippen LogP contribution in [0.2, 0.25) is 0 Å². The fourth-order valence-corrected chi connectivity index (χ4v) is 1.86. The largest absolute Gasteiger partial charge is 0.486 e. The Morgan fingerprint density at radius 2 is 1.95 bits per heavy atom. The fraction of sp³-hybridized carbons (Fsp3) is 0.429. The third kappa shape index (κ3) is 3.20. The van der Waals surface area contributed by atoms with Gasteiger partial charge in [-0.25, -0.2) is 0 Å². The van der Waals surface area contributed by atoms with Gasteiger partial charge in [0.25, 0.3) is 5.91 Å². The van der Waals surface area contributed by atoms with Crippen molar-refractivity contribution in [2.24, 2.45) is 0 Å². The molecule has 2 rings (SSSR count). The Kier molecular flexibility index (Phi) is 4.45. The number of carbonyl (C=O) groups is 2. The summed E-state index contributed by atoms with van der Waals surface area (Å²) < 4.78 is 10.8. The van der Waals surface area contributed by atoms with Gasteiger partial charge in [0.2, 0.25) is 5.91 Å². The van der Waals surface area contributed by atoms with E-state index < -0.39 is 6.04 Å². The zero-order chi connectivity index (χ0) is 14.5. The van der Waals surface area contributed by atoms with E-state index in [9.17, 15) is 9.59 Å². The predicted octanol–water partition coefficient (Wildman–Crippen LogP) is 0.712. The number of hydrogen-bond acceptors (Lipinski definition) is 4. The van der Waals surface area contributed by atoms with E-state index in [-0.39, 0.29) is 11.8 Å². The first-order chi connectivity index (χ1) is 9.61. The Balaban J connectivity index is 2.04. The van der Waals surface area contributed by atoms with Crippen molar-refractivity contribution < 1.29 is 19.1 Å². The molecule has 0 bridgehead atoms. The van der Waals surface area contributed by atoms with Gasteiger partial charge in [0.15, 0.2) is 11.5 Å². The third-order valence-electron chi connectivity index (χ3n) is 2.90. The van der Waals surface area contributed by atoms with Gasteiger partial charge in [0, 0.05) is 12.1 Å². The molecule has 2 N–H and O–H groups in total. The zero-order valence-electron chi connectivity index (χ0n) is 11.6. The van der Waals surface area contributed by atoms with Crippen LogP contribution in [0.5, 0.6) is 11.5 Å². The number of nitrogens with one attached hydrogen (secondary N) is 2. The Morgan fingerprint density at radius 3 is 2.65 bits per heavy atom. The fourth-order valence-electron chi connectivity index (χ4n) is 1.86. The summed E-state index contributed by atoms with van der Waals surface area (Å²) in [7, 11) is 0. The van der Waals surface area contributed by atoms with Gasteiger partial charge in [-0.05, 0) is 32.0 Å². The molecule has 0 radical (unpaired) electrons. The minimum absolute atomic E-state index is 0.210. The summed E-state index contributed by atoms with van der Waals surface area (Å²) in [6, 6.07) is 4.37. The van der Waals surface area contributed by atoms with Crippen molar-refractivity contribution in [2.45, 2.75) is 19.9 Å². The normalized spacial score (nSPS) is 14.3. The van der Waals surface area contributed by atoms with Crippen LogP contribution < -0.4 is 20.1 Å². The van der Waals surface area contributed by atoms with Gasteiger partial charge in [-0.2, -0.15) is 0 Å². The topological polar surface area (TPSA) is 76.7 Å². The average molecular weight is 278 g/mol. The summed E-state index contributed by atoms with van der Waals surface area (Å²) in [5.41, 5.74) is 0.436. The Hall–Kier alpha value is -2.24. The number of amides is 2. The molecule has 0 unspecified atom stereocenters. The van der Waals surface area contributed by atoms with Gasteiger partial charge in [0.1, 0.15) is 19.3 Å². The molecule has 6 heteroatoms. The second-order valence-corrected chi connectivity index (χ2v) is 4.45. The maximum Gasteiger partial charge on any atom is 0.252 e. The van der Waals surface area contributed by atoms with Crippen LogP contribution in [0.3, 0.4) is 0 Å². The number of ether oxygens (including phenoxy) is 2. The smallest absolute Gasteiger partial charge is 0.252 e.